The number of pyridine rings is 1. The number of aromatic nitrogens is 3. The zero-order chi connectivity index (χ0) is 20.2. The highest BCUT2D eigenvalue weighted by Gasteiger charge is 2.15. The monoisotopic (exact) mass is 391 g/mol. The second-order valence-corrected chi connectivity index (χ2v) is 7.40. The van der Waals surface area contributed by atoms with Gasteiger partial charge in [0.15, 0.2) is 5.65 Å². The SMILES string of the molecule is Cc1nn(C)c2nc(NCc3cccc(COCC4CCCO4)c3)c(C#N)cc12. The number of fused-ring (bicyclic) bond motifs is 1. The van der Waals surface area contributed by atoms with E-state index in [1.165, 1.54) is 0 Å². The Balaban J connectivity index is 1.42. The van der Waals surface area contributed by atoms with Gasteiger partial charge in [0.1, 0.15) is 11.9 Å². The van der Waals surface area contributed by atoms with Gasteiger partial charge < -0.3 is 14.8 Å². The fourth-order valence-electron chi connectivity index (χ4n) is 3.66. The van der Waals surface area contributed by atoms with Gasteiger partial charge >= 0.3 is 0 Å². The predicted octanol–water partition coefficient (Wildman–Crippen LogP) is 3.46. The van der Waals surface area contributed by atoms with Crippen molar-refractivity contribution in [1.29, 1.82) is 5.26 Å². The molecule has 1 atom stereocenters. The highest BCUT2D eigenvalue weighted by molar-refractivity contribution is 5.82. The molecule has 0 aliphatic carbocycles. The molecule has 7 heteroatoms. The Bertz CT molecular complexity index is 1050. The molecule has 150 valence electrons. The van der Waals surface area contributed by atoms with Crippen LogP contribution in [-0.4, -0.2) is 34.1 Å². The Morgan fingerprint density at radius 1 is 1.34 bits per heavy atom. The predicted molar refractivity (Wildman–Crippen MR) is 110 cm³/mol. The number of nitriles is 1. The van der Waals surface area contributed by atoms with Crippen molar-refractivity contribution in [2.24, 2.45) is 7.05 Å². The average Bonchev–Trinajstić information content (AvgIpc) is 3.34. The van der Waals surface area contributed by atoms with Crippen LogP contribution < -0.4 is 5.32 Å². The number of rotatable bonds is 7. The molecule has 1 aliphatic heterocycles. The maximum atomic E-state index is 9.52. The Labute approximate surface area is 170 Å². The summed E-state index contributed by atoms with van der Waals surface area (Å²) in [6.45, 7) is 4.55. The van der Waals surface area contributed by atoms with Crippen LogP contribution in [-0.2, 0) is 29.7 Å². The van der Waals surface area contributed by atoms with Gasteiger partial charge in [-0.05, 0) is 37.0 Å². The first kappa shape index (κ1) is 19.4. The summed E-state index contributed by atoms with van der Waals surface area (Å²) in [6.07, 6.45) is 2.44. The highest BCUT2D eigenvalue weighted by Crippen LogP contribution is 2.23. The lowest BCUT2D eigenvalue weighted by Gasteiger charge is -2.12. The highest BCUT2D eigenvalue weighted by atomic mass is 16.5. The zero-order valence-electron chi connectivity index (χ0n) is 16.8. The molecule has 1 aromatic carbocycles. The van der Waals surface area contributed by atoms with E-state index >= 15 is 0 Å². The topological polar surface area (TPSA) is 85.0 Å². The van der Waals surface area contributed by atoms with Crippen molar-refractivity contribution in [3.8, 4) is 6.07 Å². The summed E-state index contributed by atoms with van der Waals surface area (Å²) < 4.78 is 13.1. The summed E-state index contributed by atoms with van der Waals surface area (Å²) in [5.41, 5.74) is 4.38. The largest absolute Gasteiger partial charge is 0.376 e. The molecule has 3 heterocycles. The zero-order valence-corrected chi connectivity index (χ0v) is 16.8. The van der Waals surface area contributed by atoms with Crippen LogP contribution in [0.3, 0.4) is 0 Å². The van der Waals surface area contributed by atoms with Crippen LogP contribution >= 0.6 is 0 Å². The lowest BCUT2D eigenvalue weighted by molar-refractivity contribution is 0.0106. The third kappa shape index (κ3) is 4.39. The van der Waals surface area contributed by atoms with Gasteiger partial charge in [-0.25, -0.2) is 4.98 Å². The van der Waals surface area contributed by atoms with Crippen molar-refractivity contribution in [2.45, 2.75) is 39.0 Å². The fraction of sp³-hybridized carbons (Fsp3) is 0.409. The van der Waals surface area contributed by atoms with Gasteiger partial charge in [0.05, 0.1) is 30.6 Å². The third-order valence-corrected chi connectivity index (χ3v) is 5.17. The quantitative estimate of drug-likeness (QED) is 0.664. The summed E-state index contributed by atoms with van der Waals surface area (Å²) in [4.78, 5) is 4.63. The second-order valence-electron chi connectivity index (χ2n) is 7.40. The van der Waals surface area contributed by atoms with Crippen LogP contribution in [0, 0.1) is 18.3 Å². The molecule has 0 spiro atoms. The van der Waals surface area contributed by atoms with Crippen LogP contribution in [0.5, 0.6) is 0 Å². The van der Waals surface area contributed by atoms with E-state index in [2.05, 4.69) is 39.7 Å². The van der Waals surface area contributed by atoms with Crippen LogP contribution in [0.1, 0.15) is 35.2 Å². The molecule has 3 aromatic rings. The number of hydrogen-bond donors (Lipinski definition) is 1. The Morgan fingerprint density at radius 3 is 3.00 bits per heavy atom. The number of nitrogens with one attached hydrogen (secondary N) is 1. The normalized spacial score (nSPS) is 16.2. The molecular weight excluding hydrogens is 366 g/mol. The smallest absolute Gasteiger partial charge is 0.160 e. The molecule has 4 rings (SSSR count). The second kappa shape index (κ2) is 8.60. The van der Waals surface area contributed by atoms with Gasteiger partial charge in [-0.3, -0.25) is 4.68 Å². The maximum Gasteiger partial charge on any atom is 0.160 e. The molecule has 0 radical (unpaired) electrons. The molecule has 1 N–H and O–H groups in total. The Kier molecular flexibility index (Phi) is 5.74. The van der Waals surface area contributed by atoms with E-state index in [1.54, 1.807) is 4.68 Å². The van der Waals surface area contributed by atoms with E-state index in [0.29, 0.717) is 31.1 Å². The van der Waals surface area contributed by atoms with Crippen molar-refractivity contribution in [2.75, 3.05) is 18.5 Å². The first-order valence-corrected chi connectivity index (χ1v) is 9.89. The number of ether oxygens (including phenoxy) is 2. The summed E-state index contributed by atoms with van der Waals surface area (Å²) in [5.74, 6) is 0.572. The summed E-state index contributed by atoms with van der Waals surface area (Å²) in [6, 6.07) is 12.3. The van der Waals surface area contributed by atoms with Gasteiger partial charge in [0, 0.05) is 25.6 Å². The number of anilines is 1. The fourth-order valence-corrected chi connectivity index (χ4v) is 3.66. The first-order chi connectivity index (χ1) is 14.1. The molecule has 29 heavy (non-hydrogen) atoms. The minimum atomic E-state index is 0.237. The minimum Gasteiger partial charge on any atom is -0.376 e. The van der Waals surface area contributed by atoms with Gasteiger partial charge in [0.2, 0.25) is 0 Å². The lowest BCUT2D eigenvalue weighted by Crippen LogP contribution is -2.13. The van der Waals surface area contributed by atoms with Crippen molar-refractivity contribution in [1.82, 2.24) is 14.8 Å². The molecule has 0 amide bonds. The van der Waals surface area contributed by atoms with Crippen LogP contribution in [0.15, 0.2) is 30.3 Å². The van der Waals surface area contributed by atoms with Crippen molar-refractivity contribution < 1.29 is 9.47 Å². The van der Waals surface area contributed by atoms with Crippen molar-refractivity contribution in [3.63, 3.8) is 0 Å². The molecule has 1 saturated heterocycles. The summed E-state index contributed by atoms with van der Waals surface area (Å²) in [7, 11) is 1.86. The van der Waals surface area contributed by atoms with Gasteiger partial charge in [0.25, 0.3) is 0 Å². The van der Waals surface area contributed by atoms with Crippen LogP contribution in [0.2, 0.25) is 0 Å². The number of hydrogen-bond acceptors (Lipinski definition) is 6. The van der Waals surface area contributed by atoms with E-state index in [4.69, 9.17) is 9.47 Å². The molecular formula is C22H25N5O2. The first-order valence-electron chi connectivity index (χ1n) is 9.89. The van der Waals surface area contributed by atoms with E-state index in [-0.39, 0.29) is 6.10 Å². The Morgan fingerprint density at radius 2 is 2.21 bits per heavy atom. The van der Waals surface area contributed by atoms with Gasteiger partial charge in [-0.2, -0.15) is 10.4 Å². The van der Waals surface area contributed by atoms with Crippen LogP contribution in [0.25, 0.3) is 11.0 Å². The number of aryl methyl sites for hydroxylation is 2. The van der Waals surface area contributed by atoms with Gasteiger partial charge in [-0.1, -0.05) is 24.3 Å². The van der Waals surface area contributed by atoms with E-state index in [9.17, 15) is 5.26 Å². The standard InChI is InChI=1S/C22H25N5O2/c1-15-20-10-18(11-23)21(25-22(20)27(2)26-15)24-12-16-5-3-6-17(9-16)13-28-14-19-7-4-8-29-19/h3,5-6,9-10,19H,4,7-8,12-14H2,1-2H3,(H,24,25). The van der Waals surface area contributed by atoms with E-state index in [1.807, 2.05) is 26.1 Å². The minimum absolute atomic E-state index is 0.237. The Hall–Kier alpha value is -2.95. The third-order valence-electron chi connectivity index (χ3n) is 5.17. The number of benzene rings is 1. The lowest BCUT2D eigenvalue weighted by atomic mass is 10.1. The van der Waals surface area contributed by atoms with Gasteiger partial charge in [-0.15, -0.1) is 0 Å². The van der Waals surface area contributed by atoms with E-state index in [0.717, 1.165) is 47.3 Å². The van der Waals surface area contributed by atoms with Crippen LogP contribution in [0.4, 0.5) is 5.82 Å². The maximum absolute atomic E-state index is 9.52. The number of nitrogens with zero attached hydrogens (tertiary/aromatic N) is 4. The molecule has 1 fully saturated rings. The molecule has 0 bridgehead atoms. The average molecular weight is 391 g/mol. The molecule has 2 aromatic heterocycles. The van der Waals surface area contributed by atoms with E-state index < -0.39 is 0 Å². The summed E-state index contributed by atoms with van der Waals surface area (Å²) in [5, 5.41) is 18.1. The molecule has 7 nitrogen and oxygen atoms in total. The van der Waals surface area contributed by atoms with Crippen molar-refractivity contribution in [3.05, 3.63) is 52.7 Å². The summed E-state index contributed by atoms with van der Waals surface area (Å²) >= 11 is 0. The molecule has 0 saturated carbocycles. The van der Waals surface area contributed by atoms with Crippen molar-refractivity contribution >= 4 is 16.9 Å². The molecule has 1 unspecified atom stereocenters. The molecule has 1 aliphatic rings.